The van der Waals surface area contributed by atoms with E-state index in [1.54, 1.807) is 11.0 Å². The van der Waals surface area contributed by atoms with E-state index in [1.807, 2.05) is 29.5 Å². The molecule has 1 amide bonds. The third-order valence-electron chi connectivity index (χ3n) is 2.69. The highest BCUT2D eigenvalue weighted by Crippen LogP contribution is 2.16. The van der Waals surface area contributed by atoms with Crippen LogP contribution in [0.2, 0.25) is 0 Å². The second kappa shape index (κ2) is 5.30. The lowest BCUT2D eigenvalue weighted by Gasteiger charge is -2.31. The van der Waals surface area contributed by atoms with Crippen LogP contribution in [-0.2, 0) is 4.74 Å². The summed E-state index contributed by atoms with van der Waals surface area (Å²) in [4.78, 5) is 13.9. The molecule has 0 N–H and O–H groups in total. The van der Waals surface area contributed by atoms with Crippen LogP contribution in [0.1, 0.15) is 17.3 Å². The van der Waals surface area contributed by atoms with E-state index < -0.39 is 0 Å². The minimum Gasteiger partial charge on any atom is -0.375 e. The molecule has 1 saturated heterocycles. The zero-order valence-corrected chi connectivity index (χ0v) is 11.6. The van der Waals surface area contributed by atoms with Gasteiger partial charge in [0, 0.05) is 22.2 Å². The van der Waals surface area contributed by atoms with Crippen LogP contribution in [0.3, 0.4) is 0 Å². The summed E-state index contributed by atoms with van der Waals surface area (Å²) in [6, 6.07) is 4.44. The molecule has 92 valence electrons. The summed E-state index contributed by atoms with van der Waals surface area (Å²) in [5.41, 5.74) is 0.532. The predicted molar refractivity (Wildman–Crippen MR) is 70.4 cm³/mol. The molecule has 3 nitrogen and oxygen atoms in total. The maximum atomic E-state index is 13.1. The first-order chi connectivity index (χ1) is 8.08. The molecule has 1 aromatic carbocycles. The van der Waals surface area contributed by atoms with Crippen molar-refractivity contribution in [1.29, 1.82) is 0 Å². The van der Waals surface area contributed by atoms with Gasteiger partial charge in [0.05, 0.1) is 12.7 Å². The zero-order chi connectivity index (χ0) is 12.4. The molecule has 1 aromatic rings. The van der Waals surface area contributed by atoms with Crippen molar-refractivity contribution in [3.63, 3.8) is 0 Å². The van der Waals surface area contributed by atoms with Crippen LogP contribution >= 0.6 is 22.6 Å². The van der Waals surface area contributed by atoms with Crippen molar-refractivity contribution in [3.8, 4) is 0 Å². The Balaban J connectivity index is 2.15. The van der Waals surface area contributed by atoms with Gasteiger partial charge in [0.25, 0.3) is 5.91 Å². The van der Waals surface area contributed by atoms with E-state index in [4.69, 9.17) is 4.74 Å². The fourth-order valence-corrected chi connectivity index (χ4v) is 2.33. The minimum atomic E-state index is -0.294. The van der Waals surface area contributed by atoms with Gasteiger partial charge in [0.2, 0.25) is 0 Å². The molecule has 0 aromatic heterocycles. The highest BCUT2D eigenvalue weighted by molar-refractivity contribution is 14.1. The van der Waals surface area contributed by atoms with Gasteiger partial charge in [0.1, 0.15) is 5.82 Å². The molecule has 17 heavy (non-hydrogen) atoms. The molecule has 1 aliphatic heterocycles. The lowest BCUT2D eigenvalue weighted by atomic mass is 10.1. The van der Waals surface area contributed by atoms with Crippen molar-refractivity contribution in [2.45, 2.75) is 13.0 Å². The van der Waals surface area contributed by atoms with Gasteiger partial charge in [-0.05, 0) is 47.7 Å². The number of rotatable bonds is 1. The van der Waals surface area contributed by atoms with Crippen molar-refractivity contribution >= 4 is 28.5 Å². The summed E-state index contributed by atoms with van der Waals surface area (Å²) in [6.45, 7) is 3.68. The smallest absolute Gasteiger partial charge is 0.254 e. The van der Waals surface area contributed by atoms with Gasteiger partial charge in [0.15, 0.2) is 0 Å². The van der Waals surface area contributed by atoms with Crippen molar-refractivity contribution < 1.29 is 13.9 Å². The van der Waals surface area contributed by atoms with Crippen molar-refractivity contribution in [1.82, 2.24) is 4.90 Å². The molecule has 1 atom stereocenters. The molecular weight excluding hydrogens is 336 g/mol. The Morgan fingerprint density at radius 1 is 1.59 bits per heavy atom. The molecule has 5 heteroatoms. The van der Waals surface area contributed by atoms with E-state index >= 15 is 0 Å². The fraction of sp³-hybridized carbons (Fsp3) is 0.417. The number of halogens is 2. The van der Waals surface area contributed by atoms with Crippen LogP contribution < -0.4 is 0 Å². The summed E-state index contributed by atoms with van der Waals surface area (Å²) < 4.78 is 19.0. The third-order valence-corrected chi connectivity index (χ3v) is 3.52. The first kappa shape index (κ1) is 12.8. The third kappa shape index (κ3) is 2.95. The number of amides is 1. The number of hydrogen-bond acceptors (Lipinski definition) is 2. The largest absolute Gasteiger partial charge is 0.375 e. The highest BCUT2D eigenvalue weighted by Gasteiger charge is 2.22. The molecule has 1 aliphatic rings. The number of carbonyl (C=O) groups excluding carboxylic acids is 1. The summed E-state index contributed by atoms with van der Waals surface area (Å²) in [6.07, 6.45) is 0.0622. The number of ether oxygens (including phenoxy) is 1. The number of morpholine rings is 1. The Bertz CT molecular complexity index is 439. The quantitative estimate of drug-likeness (QED) is 0.729. The van der Waals surface area contributed by atoms with Crippen LogP contribution in [0.5, 0.6) is 0 Å². The zero-order valence-electron chi connectivity index (χ0n) is 9.45. The molecular formula is C12H13FINO2. The molecule has 0 unspecified atom stereocenters. The number of hydrogen-bond donors (Lipinski definition) is 0. The summed E-state index contributed by atoms with van der Waals surface area (Å²) in [5.74, 6) is -0.351. The lowest BCUT2D eigenvalue weighted by molar-refractivity contribution is -0.0124. The van der Waals surface area contributed by atoms with E-state index in [9.17, 15) is 9.18 Å². The van der Waals surface area contributed by atoms with Crippen LogP contribution in [0.4, 0.5) is 4.39 Å². The van der Waals surface area contributed by atoms with E-state index in [0.717, 1.165) is 0 Å². The second-order valence-corrected chi connectivity index (χ2v) is 5.22. The Hall–Kier alpha value is -0.690. The van der Waals surface area contributed by atoms with Crippen molar-refractivity contribution in [3.05, 3.63) is 33.1 Å². The molecule has 2 rings (SSSR count). The van der Waals surface area contributed by atoms with E-state index in [-0.39, 0.29) is 17.8 Å². The SMILES string of the molecule is C[C@@H]1CN(C(=O)c2ccc(F)c(I)c2)CCO1. The van der Waals surface area contributed by atoms with Crippen LogP contribution in [-0.4, -0.2) is 36.6 Å². The molecule has 1 heterocycles. The maximum absolute atomic E-state index is 13.1. The van der Waals surface area contributed by atoms with Gasteiger partial charge in [-0.3, -0.25) is 4.79 Å². The molecule has 0 saturated carbocycles. The molecule has 0 bridgehead atoms. The Labute approximate surface area is 113 Å². The van der Waals surface area contributed by atoms with E-state index in [2.05, 4.69) is 0 Å². The van der Waals surface area contributed by atoms with Crippen LogP contribution in [0.25, 0.3) is 0 Å². The molecule has 0 aliphatic carbocycles. The first-order valence-electron chi connectivity index (χ1n) is 5.44. The molecule has 0 radical (unpaired) electrons. The first-order valence-corrected chi connectivity index (χ1v) is 6.51. The van der Waals surface area contributed by atoms with Gasteiger partial charge in [-0.15, -0.1) is 0 Å². The van der Waals surface area contributed by atoms with Gasteiger partial charge in [-0.2, -0.15) is 0 Å². The minimum absolute atomic E-state index is 0.0573. The number of carbonyl (C=O) groups is 1. The van der Waals surface area contributed by atoms with Crippen LogP contribution in [0.15, 0.2) is 18.2 Å². The van der Waals surface area contributed by atoms with Gasteiger partial charge in [-0.1, -0.05) is 0 Å². The van der Waals surface area contributed by atoms with Crippen molar-refractivity contribution in [2.75, 3.05) is 19.7 Å². The average Bonchev–Trinajstić information content (AvgIpc) is 2.32. The lowest BCUT2D eigenvalue weighted by Crippen LogP contribution is -2.44. The van der Waals surface area contributed by atoms with Gasteiger partial charge >= 0.3 is 0 Å². The van der Waals surface area contributed by atoms with Crippen LogP contribution in [0, 0.1) is 9.39 Å². The number of nitrogens with zero attached hydrogens (tertiary/aromatic N) is 1. The topological polar surface area (TPSA) is 29.5 Å². The second-order valence-electron chi connectivity index (χ2n) is 4.06. The van der Waals surface area contributed by atoms with Gasteiger partial charge in [-0.25, -0.2) is 4.39 Å². The Morgan fingerprint density at radius 3 is 3.00 bits per heavy atom. The normalized spacial score (nSPS) is 20.4. The monoisotopic (exact) mass is 349 g/mol. The average molecular weight is 349 g/mol. The summed E-state index contributed by atoms with van der Waals surface area (Å²) in [5, 5.41) is 0. The fourth-order valence-electron chi connectivity index (χ4n) is 1.81. The standard InChI is InChI=1S/C12H13FINO2/c1-8-7-15(4-5-17-8)12(16)9-2-3-10(13)11(14)6-9/h2-3,6,8H,4-5,7H2,1H3/t8-/m1/s1. The molecule has 1 fully saturated rings. The van der Waals surface area contributed by atoms with E-state index in [1.165, 1.54) is 12.1 Å². The number of benzene rings is 1. The Kier molecular flexibility index (Phi) is 3.98. The Morgan fingerprint density at radius 2 is 2.35 bits per heavy atom. The predicted octanol–water partition coefficient (Wildman–Crippen LogP) is 2.29. The highest BCUT2D eigenvalue weighted by atomic mass is 127. The van der Waals surface area contributed by atoms with Gasteiger partial charge < -0.3 is 9.64 Å². The molecule has 0 spiro atoms. The summed E-state index contributed by atoms with van der Waals surface area (Å²) in [7, 11) is 0. The van der Waals surface area contributed by atoms with E-state index in [0.29, 0.717) is 28.8 Å². The summed E-state index contributed by atoms with van der Waals surface area (Å²) >= 11 is 1.89. The maximum Gasteiger partial charge on any atom is 0.254 e. The van der Waals surface area contributed by atoms with Crippen molar-refractivity contribution in [2.24, 2.45) is 0 Å².